The molecule has 0 aromatic carbocycles. The molecule has 0 aliphatic carbocycles. The smallest absolute Gasteiger partial charge is 0.220 e. The number of amides is 1. The summed E-state index contributed by atoms with van der Waals surface area (Å²) in [5.41, 5.74) is 0. The molecule has 4 N–H and O–H groups in total. The third-order valence-electron chi connectivity index (χ3n) is 6.62. The summed E-state index contributed by atoms with van der Waals surface area (Å²) in [7, 11) is 0. The van der Waals surface area contributed by atoms with Gasteiger partial charge in [0.2, 0.25) is 5.91 Å². The van der Waals surface area contributed by atoms with E-state index in [1.807, 2.05) is 0 Å². The molecule has 34 heavy (non-hydrogen) atoms. The average molecular weight is 484 g/mol. The van der Waals surface area contributed by atoms with Crippen LogP contribution in [0.25, 0.3) is 0 Å². The maximum absolute atomic E-state index is 12.2. The summed E-state index contributed by atoms with van der Waals surface area (Å²) in [5, 5.41) is 33.0. The van der Waals surface area contributed by atoms with E-state index in [1.165, 1.54) is 77.0 Å². The normalized spacial score (nSPS) is 14.4. The van der Waals surface area contributed by atoms with Crippen molar-refractivity contribution in [2.75, 3.05) is 6.61 Å². The van der Waals surface area contributed by atoms with Gasteiger partial charge in [-0.1, -0.05) is 109 Å². The Morgan fingerprint density at radius 3 is 1.71 bits per heavy atom. The van der Waals surface area contributed by atoms with Crippen molar-refractivity contribution in [3.8, 4) is 0 Å². The quantitative estimate of drug-likeness (QED) is 0.0871. The zero-order valence-electron chi connectivity index (χ0n) is 22.5. The number of rotatable bonds is 25. The second-order valence-corrected chi connectivity index (χ2v) is 9.95. The summed E-state index contributed by atoms with van der Waals surface area (Å²) in [6, 6.07) is -0.815. The van der Waals surface area contributed by atoms with Gasteiger partial charge in [-0.3, -0.25) is 4.79 Å². The number of carbonyl (C=O) groups is 1. The van der Waals surface area contributed by atoms with E-state index in [0.29, 0.717) is 12.8 Å². The van der Waals surface area contributed by atoms with Crippen LogP contribution in [0.1, 0.15) is 142 Å². The van der Waals surface area contributed by atoms with Crippen molar-refractivity contribution in [2.24, 2.45) is 0 Å². The van der Waals surface area contributed by atoms with Crippen molar-refractivity contribution < 1.29 is 20.1 Å². The van der Waals surface area contributed by atoms with Crippen LogP contribution < -0.4 is 5.32 Å². The highest BCUT2D eigenvalue weighted by molar-refractivity contribution is 5.76. The van der Waals surface area contributed by atoms with Gasteiger partial charge >= 0.3 is 0 Å². The maximum Gasteiger partial charge on any atom is 0.220 e. The Hall–Kier alpha value is -0.910. The van der Waals surface area contributed by atoms with Gasteiger partial charge in [-0.15, -0.1) is 0 Å². The number of aliphatic hydroxyl groups is 3. The van der Waals surface area contributed by atoms with Crippen molar-refractivity contribution in [1.29, 1.82) is 0 Å². The zero-order valence-corrected chi connectivity index (χ0v) is 22.5. The van der Waals surface area contributed by atoms with Crippen molar-refractivity contribution in [1.82, 2.24) is 5.32 Å². The van der Waals surface area contributed by atoms with Crippen LogP contribution in [0.3, 0.4) is 0 Å². The minimum absolute atomic E-state index is 0.160. The zero-order chi connectivity index (χ0) is 25.3. The Bertz CT molecular complexity index is 469. The summed E-state index contributed by atoms with van der Waals surface area (Å²) in [6.45, 7) is 4.08. The fourth-order valence-corrected chi connectivity index (χ4v) is 4.28. The van der Waals surface area contributed by atoms with Crippen molar-refractivity contribution >= 4 is 5.91 Å². The second-order valence-electron chi connectivity index (χ2n) is 9.95. The van der Waals surface area contributed by atoms with Gasteiger partial charge < -0.3 is 20.6 Å². The Morgan fingerprint density at radius 1 is 0.706 bits per heavy atom. The fraction of sp³-hybridized carbons (Fsp3) is 0.897. The number of unbranched alkanes of at least 4 members (excludes halogenated alkanes) is 15. The number of nitrogens with one attached hydrogen (secondary N) is 1. The third kappa shape index (κ3) is 20.5. The second kappa shape index (κ2) is 25.2. The molecule has 0 spiro atoms. The summed E-state index contributed by atoms with van der Waals surface area (Å²) < 4.78 is 0. The molecule has 0 saturated carbocycles. The molecule has 0 heterocycles. The predicted octanol–water partition coefficient (Wildman–Crippen LogP) is 6.58. The minimum atomic E-state index is -1.15. The molecule has 0 aliphatic heterocycles. The Kier molecular flexibility index (Phi) is 24.5. The number of aliphatic hydroxyl groups excluding tert-OH is 3. The highest BCUT2D eigenvalue weighted by Crippen LogP contribution is 2.13. The minimum Gasteiger partial charge on any atom is -0.394 e. The van der Waals surface area contributed by atoms with Crippen molar-refractivity contribution in [2.45, 2.75) is 161 Å². The van der Waals surface area contributed by atoms with E-state index < -0.39 is 18.2 Å². The van der Waals surface area contributed by atoms with Gasteiger partial charge in [-0.2, -0.15) is 0 Å². The van der Waals surface area contributed by atoms with E-state index in [0.717, 1.165) is 38.5 Å². The molecule has 5 nitrogen and oxygen atoms in total. The van der Waals surface area contributed by atoms with Gasteiger partial charge in [0.1, 0.15) is 6.10 Å². The standard InChI is InChI=1S/C29H57NO4/c1-3-5-7-9-11-13-15-17-19-21-23-27(32)29(34)26(25-31)30-28(33)24-22-20-18-16-14-12-10-8-6-4-2/h15,17,26-27,29,31-32,34H,3-14,16,18-25H2,1-2H3,(H,30,33)/b17-15+. The molecule has 0 fully saturated rings. The van der Waals surface area contributed by atoms with Crippen LogP contribution >= 0.6 is 0 Å². The van der Waals surface area contributed by atoms with Crippen molar-refractivity contribution in [3.63, 3.8) is 0 Å². The molecule has 0 saturated heterocycles. The topological polar surface area (TPSA) is 89.8 Å². The lowest BCUT2D eigenvalue weighted by Crippen LogP contribution is -2.50. The lowest BCUT2D eigenvalue weighted by atomic mass is 10.0. The number of carbonyl (C=O) groups excluding carboxylic acids is 1. The molecule has 0 aromatic heterocycles. The first-order valence-electron chi connectivity index (χ1n) is 14.5. The van der Waals surface area contributed by atoms with E-state index in [2.05, 4.69) is 31.3 Å². The van der Waals surface area contributed by atoms with Crippen LogP contribution in [-0.2, 0) is 4.79 Å². The molecule has 202 valence electrons. The molecule has 3 unspecified atom stereocenters. The molecule has 5 heteroatoms. The van der Waals surface area contributed by atoms with E-state index in [1.54, 1.807) is 0 Å². The van der Waals surface area contributed by atoms with E-state index in [4.69, 9.17) is 0 Å². The van der Waals surface area contributed by atoms with Gasteiger partial charge in [-0.25, -0.2) is 0 Å². The first-order chi connectivity index (χ1) is 16.6. The molecule has 0 radical (unpaired) electrons. The van der Waals surface area contributed by atoms with E-state index >= 15 is 0 Å². The fourth-order valence-electron chi connectivity index (χ4n) is 4.28. The van der Waals surface area contributed by atoms with Crippen LogP contribution in [0.15, 0.2) is 12.2 Å². The Morgan fingerprint density at radius 2 is 1.18 bits per heavy atom. The molecule has 1 amide bonds. The molecular formula is C29H57NO4. The Labute approximate surface area is 210 Å². The van der Waals surface area contributed by atoms with Gasteiger partial charge in [0, 0.05) is 6.42 Å². The van der Waals surface area contributed by atoms with Gasteiger partial charge in [0.05, 0.1) is 18.8 Å². The molecule has 0 bridgehead atoms. The van der Waals surface area contributed by atoms with Crippen LogP contribution in [0.5, 0.6) is 0 Å². The van der Waals surface area contributed by atoms with Gasteiger partial charge in [0.25, 0.3) is 0 Å². The number of allylic oxidation sites excluding steroid dienone is 2. The predicted molar refractivity (Wildman–Crippen MR) is 144 cm³/mol. The lowest BCUT2D eigenvalue weighted by molar-refractivity contribution is -0.124. The first kappa shape index (κ1) is 33.1. The van der Waals surface area contributed by atoms with Crippen molar-refractivity contribution in [3.05, 3.63) is 12.2 Å². The first-order valence-corrected chi connectivity index (χ1v) is 14.5. The summed E-state index contributed by atoms with van der Waals surface area (Å²) in [5.74, 6) is -0.160. The summed E-state index contributed by atoms with van der Waals surface area (Å²) in [6.07, 6.45) is 24.4. The number of hydrogen-bond acceptors (Lipinski definition) is 4. The van der Waals surface area contributed by atoms with E-state index in [9.17, 15) is 20.1 Å². The van der Waals surface area contributed by atoms with E-state index in [-0.39, 0.29) is 12.5 Å². The highest BCUT2D eigenvalue weighted by atomic mass is 16.3. The average Bonchev–Trinajstić information content (AvgIpc) is 2.84. The van der Waals surface area contributed by atoms with Gasteiger partial charge in [-0.05, 0) is 38.5 Å². The van der Waals surface area contributed by atoms with Crippen LogP contribution in [0.2, 0.25) is 0 Å². The lowest BCUT2D eigenvalue weighted by Gasteiger charge is -2.26. The molecule has 0 aliphatic rings. The van der Waals surface area contributed by atoms with Crippen LogP contribution in [-0.4, -0.2) is 46.1 Å². The molecular weight excluding hydrogens is 426 g/mol. The maximum atomic E-state index is 12.2. The third-order valence-corrected chi connectivity index (χ3v) is 6.62. The monoisotopic (exact) mass is 483 g/mol. The summed E-state index contributed by atoms with van der Waals surface area (Å²) in [4.78, 5) is 12.2. The number of hydrogen-bond donors (Lipinski definition) is 4. The Balaban J connectivity index is 3.84. The van der Waals surface area contributed by atoms with Gasteiger partial charge in [0.15, 0.2) is 0 Å². The highest BCUT2D eigenvalue weighted by Gasteiger charge is 2.26. The largest absolute Gasteiger partial charge is 0.394 e. The SMILES string of the molecule is CCCCCCC/C=C/CCCC(O)C(O)C(CO)NC(=O)CCCCCCCCCCCC. The molecule has 3 atom stereocenters. The van der Waals surface area contributed by atoms with Crippen LogP contribution in [0.4, 0.5) is 0 Å². The summed E-state index contributed by atoms with van der Waals surface area (Å²) >= 11 is 0. The molecule has 0 aromatic rings. The molecule has 0 rings (SSSR count). The van der Waals surface area contributed by atoms with Crippen LogP contribution in [0, 0.1) is 0 Å².